The second-order valence-electron chi connectivity index (χ2n) is 5.23. The number of rotatable bonds is 7. The molecule has 1 aromatic heterocycles. The summed E-state index contributed by atoms with van der Waals surface area (Å²) < 4.78 is 0. The summed E-state index contributed by atoms with van der Waals surface area (Å²) in [6, 6.07) is 1.89. The number of anilines is 2. The number of nitrogens with zero attached hydrogens (tertiary/aromatic N) is 1. The highest BCUT2D eigenvalue weighted by atomic mass is 32.1. The Hall–Kier alpha value is -1.23. The van der Waals surface area contributed by atoms with Gasteiger partial charge in [-0.25, -0.2) is 0 Å². The number of amides is 1. The van der Waals surface area contributed by atoms with Crippen LogP contribution in [0.3, 0.4) is 0 Å². The van der Waals surface area contributed by atoms with Crippen molar-refractivity contribution in [2.75, 3.05) is 30.8 Å². The third-order valence-corrected chi connectivity index (χ3v) is 4.17. The van der Waals surface area contributed by atoms with Crippen LogP contribution in [-0.2, 0) is 0 Å². The maximum atomic E-state index is 11.9. The van der Waals surface area contributed by atoms with Gasteiger partial charge in [-0.2, -0.15) is 0 Å². The van der Waals surface area contributed by atoms with E-state index in [9.17, 15) is 4.79 Å². The molecule has 1 amide bonds. The van der Waals surface area contributed by atoms with Crippen LogP contribution in [0.1, 0.15) is 43.3 Å². The number of nitrogens with one attached hydrogen (secondary N) is 1. The highest BCUT2D eigenvalue weighted by Gasteiger charge is 2.15. The van der Waals surface area contributed by atoms with Crippen LogP contribution < -0.4 is 16.0 Å². The van der Waals surface area contributed by atoms with Gasteiger partial charge in [-0.15, -0.1) is 11.3 Å². The van der Waals surface area contributed by atoms with Gasteiger partial charge in [0.25, 0.3) is 5.91 Å². The number of hydrogen-bond acceptors (Lipinski definition) is 4. The van der Waals surface area contributed by atoms with Crippen molar-refractivity contribution >= 4 is 27.9 Å². The largest absolute Gasteiger partial charge is 0.397 e. The molecule has 3 N–H and O–H groups in total. The maximum absolute atomic E-state index is 11.9. The van der Waals surface area contributed by atoms with Gasteiger partial charge in [0.05, 0.1) is 10.7 Å². The summed E-state index contributed by atoms with van der Waals surface area (Å²) in [4.78, 5) is 14.7. The maximum Gasteiger partial charge on any atom is 0.263 e. The molecule has 1 heterocycles. The van der Waals surface area contributed by atoms with Gasteiger partial charge in [-0.3, -0.25) is 4.79 Å². The Morgan fingerprint density at radius 1 is 1.53 bits per heavy atom. The molecule has 0 fully saturated rings. The average molecular weight is 283 g/mol. The monoisotopic (exact) mass is 283 g/mol. The first kappa shape index (κ1) is 15.8. The van der Waals surface area contributed by atoms with E-state index < -0.39 is 0 Å². The predicted molar refractivity (Wildman–Crippen MR) is 84.1 cm³/mol. The summed E-state index contributed by atoms with van der Waals surface area (Å²) in [7, 11) is 2.04. The van der Waals surface area contributed by atoms with E-state index in [1.807, 2.05) is 20.0 Å². The fraction of sp³-hybridized carbons (Fsp3) is 0.643. The molecular weight excluding hydrogens is 258 g/mol. The lowest BCUT2D eigenvalue weighted by Crippen LogP contribution is -2.23. The van der Waals surface area contributed by atoms with E-state index in [4.69, 9.17) is 5.73 Å². The molecule has 0 aromatic carbocycles. The van der Waals surface area contributed by atoms with E-state index in [-0.39, 0.29) is 5.91 Å². The van der Waals surface area contributed by atoms with E-state index in [0.717, 1.165) is 24.4 Å². The fourth-order valence-corrected chi connectivity index (χ4v) is 2.62. The van der Waals surface area contributed by atoms with Crippen molar-refractivity contribution < 1.29 is 4.79 Å². The van der Waals surface area contributed by atoms with Gasteiger partial charge in [0, 0.05) is 20.1 Å². The Kier molecular flexibility index (Phi) is 6.15. The molecule has 0 atom stereocenters. The van der Waals surface area contributed by atoms with Gasteiger partial charge < -0.3 is 16.0 Å². The quantitative estimate of drug-likeness (QED) is 0.809. The molecule has 5 heteroatoms. The second-order valence-corrected chi connectivity index (χ2v) is 6.26. The first-order valence-corrected chi connectivity index (χ1v) is 7.66. The second kappa shape index (κ2) is 7.38. The van der Waals surface area contributed by atoms with Crippen LogP contribution in [0.5, 0.6) is 0 Å². The molecule has 0 saturated heterocycles. The molecule has 0 aliphatic heterocycles. The van der Waals surface area contributed by atoms with Gasteiger partial charge in [0.1, 0.15) is 4.88 Å². The van der Waals surface area contributed by atoms with Gasteiger partial charge in [-0.05, 0) is 24.8 Å². The van der Waals surface area contributed by atoms with Crippen molar-refractivity contribution in [3.8, 4) is 0 Å². The zero-order chi connectivity index (χ0) is 14.4. The topological polar surface area (TPSA) is 58.4 Å². The molecule has 0 radical (unpaired) electrons. The smallest absolute Gasteiger partial charge is 0.263 e. The van der Waals surface area contributed by atoms with Gasteiger partial charge in [0.15, 0.2) is 0 Å². The highest BCUT2D eigenvalue weighted by molar-refractivity contribution is 7.18. The van der Waals surface area contributed by atoms with E-state index in [2.05, 4.69) is 24.1 Å². The van der Waals surface area contributed by atoms with Crippen LogP contribution >= 0.6 is 11.3 Å². The number of carbonyl (C=O) groups excluding carboxylic acids is 1. The summed E-state index contributed by atoms with van der Waals surface area (Å²) in [6.45, 7) is 8.12. The molecule has 19 heavy (non-hydrogen) atoms. The lowest BCUT2D eigenvalue weighted by molar-refractivity contribution is 0.0958. The van der Waals surface area contributed by atoms with Crippen molar-refractivity contribution in [2.24, 2.45) is 5.92 Å². The van der Waals surface area contributed by atoms with Gasteiger partial charge in [0.2, 0.25) is 0 Å². The zero-order valence-corrected chi connectivity index (χ0v) is 13.1. The molecule has 0 spiro atoms. The normalized spacial score (nSPS) is 10.8. The van der Waals surface area contributed by atoms with E-state index in [1.54, 1.807) is 0 Å². The van der Waals surface area contributed by atoms with Crippen LogP contribution in [0.4, 0.5) is 10.7 Å². The summed E-state index contributed by atoms with van der Waals surface area (Å²) in [5.74, 6) is 0.611. The Balaban J connectivity index is 2.69. The lowest BCUT2D eigenvalue weighted by atomic mass is 10.1. The van der Waals surface area contributed by atoms with Crippen LogP contribution in [0.15, 0.2) is 6.07 Å². The Morgan fingerprint density at radius 2 is 2.21 bits per heavy atom. The summed E-state index contributed by atoms with van der Waals surface area (Å²) >= 11 is 1.47. The molecule has 0 unspecified atom stereocenters. The van der Waals surface area contributed by atoms with E-state index in [1.165, 1.54) is 11.3 Å². The molecule has 108 valence electrons. The minimum absolute atomic E-state index is 0.0622. The average Bonchev–Trinajstić information content (AvgIpc) is 2.75. The Bertz CT molecular complexity index is 415. The molecule has 4 nitrogen and oxygen atoms in total. The molecule has 1 rings (SSSR count). The molecule has 1 aromatic rings. The molecule has 0 bridgehead atoms. The van der Waals surface area contributed by atoms with Gasteiger partial charge >= 0.3 is 0 Å². The van der Waals surface area contributed by atoms with E-state index >= 15 is 0 Å². The first-order valence-electron chi connectivity index (χ1n) is 6.84. The molecule has 0 aliphatic rings. The third kappa shape index (κ3) is 4.74. The van der Waals surface area contributed by atoms with E-state index in [0.29, 0.717) is 23.0 Å². The van der Waals surface area contributed by atoms with Crippen LogP contribution in [-0.4, -0.2) is 26.0 Å². The van der Waals surface area contributed by atoms with Crippen molar-refractivity contribution in [1.29, 1.82) is 0 Å². The summed E-state index contributed by atoms with van der Waals surface area (Å²) in [5, 5.41) is 3.92. The molecule has 0 aliphatic carbocycles. The first-order chi connectivity index (χ1) is 8.95. The van der Waals surface area contributed by atoms with Gasteiger partial charge in [-0.1, -0.05) is 20.8 Å². The Morgan fingerprint density at radius 3 is 2.79 bits per heavy atom. The van der Waals surface area contributed by atoms with Crippen molar-refractivity contribution in [3.05, 3.63) is 10.9 Å². The lowest BCUT2D eigenvalue weighted by Gasteiger charge is -2.17. The standard InChI is InChI=1S/C14H25N3OS/c1-5-7-16-14(18)13-11(15)9-12(19-13)17(4)8-6-10(2)3/h9-10H,5-8,15H2,1-4H3,(H,16,18). The predicted octanol–water partition coefficient (Wildman–Crippen LogP) is 2.95. The summed E-state index contributed by atoms with van der Waals surface area (Å²) in [5.41, 5.74) is 6.50. The Labute approximate surface area is 120 Å². The number of thiophene rings is 1. The summed E-state index contributed by atoms with van der Waals surface area (Å²) in [6.07, 6.45) is 2.06. The van der Waals surface area contributed by atoms with Crippen LogP contribution in [0.25, 0.3) is 0 Å². The zero-order valence-electron chi connectivity index (χ0n) is 12.3. The molecule has 0 saturated carbocycles. The third-order valence-electron chi connectivity index (χ3n) is 2.91. The van der Waals surface area contributed by atoms with Crippen LogP contribution in [0.2, 0.25) is 0 Å². The minimum atomic E-state index is -0.0622. The number of hydrogen-bond donors (Lipinski definition) is 2. The fourth-order valence-electron chi connectivity index (χ4n) is 1.64. The van der Waals surface area contributed by atoms with Crippen molar-refractivity contribution in [3.63, 3.8) is 0 Å². The highest BCUT2D eigenvalue weighted by Crippen LogP contribution is 2.31. The molecular formula is C14H25N3OS. The van der Waals surface area contributed by atoms with Crippen molar-refractivity contribution in [1.82, 2.24) is 5.32 Å². The van der Waals surface area contributed by atoms with Crippen molar-refractivity contribution in [2.45, 2.75) is 33.6 Å². The number of nitrogens with two attached hydrogens (primary N) is 1. The van der Waals surface area contributed by atoms with Crippen LogP contribution in [0, 0.1) is 5.92 Å². The SMILES string of the molecule is CCCNC(=O)c1sc(N(C)CCC(C)C)cc1N. The number of nitrogen functional groups attached to an aromatic ring is 1. The number of carbonyl (C=O) groups is 1. The minimum Gasteiger partial charge on any atom is -0.397 e.